The SMILES string of the molecule is Cc1ccc2nc(NC(=O)c3ccnn3C(F)F)sc2c1. The highest BCUT2D eigenvalue weighted by molar-refractivity contribution is 7.22. The lowest BCUT2D eigenvalue weighted by molar-refractivity contribution is 0.0520. The Labute approximate surface area is 122 Å². The van der Waals surface area contributed by atoms with Crippen LogP contribution in [-0.4, -0.2) is 20.7 Å². The zero-order chi connectivity index (χ0) is 15.0. The van der Waals surface area contributed by atoms with E-state index in [-0.39, 0.29) is 5.69 Å². The molecule has 8 heteroatoms. The summed E-state index contributed by atoms with van der Waals surface area (Å²) in [6.45, 7) is -0.905. The van der Waals surface area contributed by atoms with Gasteiger partial charge in [0.25, 0.3) is 5.91 Å². The van der Waals surface area contributed by atoms with Crippen LogP contribution >= 0.6 is 11.3 Å². The number of nitrogens with one attached hydrogen (secondary N) is 1. The first kappa shape index (κ1) is 13.6. The fourth-order valence-electron chi connectivity index (χ4n) is 1.90. The zero-order valence-corrected chi connectivity index (χ0v) is 11.7. The second-order valence-corrected chi connectivity index (χ2v) is 5.41. The number of benzene rings is 1. The number of aryl methyl sites for hydroxylation is 1. The first-order valence-electron chi connectivity index (χ1n) is 6.05. The van der Waals surface area contributed by atoms with Crippen molar-refractivity contribution in [1.29, 1.82) is 0 Å². The van der Waals surface area contributed by atoms with Gasteiger partial charge >= 0.3 is 6.55 Å². The normalized spacial score (nSPS) is 11.2. The van der Waals surface area contributed by atoms with Gasteiger partial charge in [0.2, 0.25) is 0 Å². The van der Waals surface area contributed by atoms with Gasteiger partial charge in [-0.2, -0.15) is 18.6 Å². The predicted molar refractivity (Wildman–Crippen MR) is 75.8 cm³/mol. The van der Waals surface area contributed by atoms with Crippen LogP contribution in [0.15, 0.2) is 30.5 Å². The summed E-state index contributed by atoms with van der Waals surface area (Å²) in [4.78, 5) is 16.3. The number of rotatable bonds is 3. The number of amides is 1. The summed E-state index contributed by atoms with van der Waals surface area (Å²) in [5.41, 5.74) is 1.63. The van der Waals surface area contributed by atoms with Crippen LogP contribution in [0.1, 0.15) is 22.6 Å². The number of nitrogens with zero attached hydrogens (tertiary/aromatic N) is 3. The van der Waals surface area contributed by atoms with Crippen LogP contribution in [0.5, 0.6) is 0 Å². The van der Waals surface area contributed by atoms with Crippen molar-refractivity contribution in [3.63, 3.8) is 0 Å². The molecule has 0 atom stereocenters. The van der Waals surface area contributed by atoms with E-state index in [9.17, 15) is 13.6 Å². The molecule has 1 aromatic carbocycles. The minimum Gasteiger partial charge on any atom is -0.296 e. The molecule has 0 unspecified atom stereocenters. The third-order valence-corrected chi connectivity index (χ3v) is 3.79. The summed E-state index contributed by atoms with van der Waals surface area (Å²) < 4.78 is 26.7. The Balaban J connectivity index is 1.87. The molecule has 5 nitrogen and oxygen atoms in total. The number of hydrogen-bond acceptors (Lipinski definition) is 4. The van der Waals surface area contributed by atoms with Crippen molar-refractivity contribution in [2.45, 2.75) is 13.5 Å². The molecule has 0 aliphatic heterocycles. The summed E-state index contributed by atoms with van der Waals surface area (Å²) in [5.74, 6) is -0.663. The summed E-state index contributed by atoms with van der Waals surface area (Å²) >= 11 is 1.29. The van der Waals surface area contributed by atoms with Gasteiger partial charge in [-0.05, 0) is 30.7 Å². The van der Waals surface area contributed by atoms with Crippen molar-refractivity contribution in [1.82, 2.24) is 14.8 Å². The van der Waals surface area contributed by atoms with Crippen molar-refractivity contribution in [2.24, 2.45) is 0 Å². The molecule has 108 valence electrons. The van der Waals surface area contributed by atoms with Crippen molar-refractivity contribution in [2.75, 3.05) is 5.32 Å². The number of alkyl halides is 2. The zero-order valence-electron chi connectivity index (χ0n) is 10.9. The quantitative estimate of drug-likeness (QED) is 0.806. The van der Waals surface area contributed by atoms with Crippen LogP contribution in [0.4, 0.5) is 13.9 Å². The van der Waals surface area contributed by atoms with E-state index in [1.807, 2.05) is 25.1 Å². The molecule has 1 amide bonds. The molecule has 0 saturated heterocycles. The van der Waals surface area contributed by atoms with Crippen molar-refractivity contribution in [3.8, 4) is 0 Å². The number of halogens is 2. The first-order valence-corrected chi connectivity index (χ1v) is 6.86. The molecule has 0 aliphatic carbocycles. The van der Waals surface area contributed by atoms with E-state index in [1.54, 1.807) is 0 Å². The standard InChI is InChI=1S/C13H10F2N4OS/c1-7-2-3-8-10(6-7)21-13(17-8)18-11(20)9-4-5-16-19(9)12(14)15/h2-6,12H,1H3,(H,17,18,20). The van der Waals surface area contributed by atoms with E-state index in [2.05, 4.69) is 15.4 Å². The number of thiazole rings is 1. The van der Waals surface area contributed by atoms with Gasteiger partial charge in [0.15, 0.2) is 5.13 Å². The van der Waals surface area contributed by atoms with Gasteiger partial charge in [-0.25, -0.2) is 4.98 Å². The van der Waals surface area contributed by atoms with Crippen LogP contribution in [0.2, 0.25) is 0 Å². The maximum atomic E-state index is 12.7. The van der Waals surface area contributed by atoms with Gasteiger partial charge in [0, 0.05) is 6.20 Å². The number of hydrogen-bond donors (Lipinski definition) is 1. The number of aromatic nitrogens is 3. The van der Waals surface area contributed by atoms with E-state index in [0.717, 1.165) is 22.0 Å². The fourth-order valence-corrected chi connectivity index (χ4v) is 2.86. The van der Waals surface area contributed by atoms with E-state index in [1.165, 1.54) is 17.4 Å². The summed E-state index contributed by atoms with van der Waals surface area (Å²) in [5, 5.41) is 6.31. The van der Waals surface area contributed by atoms with Crippen molar-refractivity contribution < 1.29 is 13.6 Å². The van der Waals surface area contributed by atoms with E-state index < -0.39 is 12.5 Å². The maximum absolute atomic E-state index is 12.7. The summed E-state index contributed by atoms with van der Waals surface area (Å²) in [7, 11) is 0. The predicted octanol–water partition coefficient (Wildman–Crippen LogP) is 3.45. The van der Waals surface area contributed by atoms with Crippen LogP contribution in [-0.2, 0) is 0 Å². The minimum atomic E-state index is -2.86. The fraction of sp³-hybridized carbons (Fsp3) is 0.154. The average Bonchev–Trinajstić information content (AvgIpc) is 3.03. The Kier molecular flexibility index (Phi) is 3.38. The van der Waals surface area contributed by atoms with E-state index >= 15 is 0 Å². The first-order chi connectivity index (χ1) is 10.0. The molecule has 0 radical (unpaired) electrons. The van der Waals surface area contributed by atoms with Crippen LogP contribution in [0.3, 0.4) is 0 Å². The summed E-state index contributed by atoms with van der Waals surface area (Å²) in [6, 6.07) is 6.95. The van der Waals surface area contributed by atoms with Gasteiger partial charge < -0.3 is 0 Å². The lowest BCUT2D eigenvalue weighted by Gasteiger charge is -2.04. The molecule has 0 saturated carbocycles. The second kappa shape index (κ2) is 5.21. The molecule has 1 N–H and O–H groups in total. The lowest BCUT2D eigenvalue weighted by atomic mass is 10.2. The Morgan fingerprint density at radius 1 is 1.38 bits per heavy atom. The monoisotopic (exact) mass is 308 g/mol. The molecule has 0 bridgehead atoms. The molecular formula is C13H10F2N4OS. The van der Waals surface area contributed by atoms with Crippen LogP contribution < -0.4 is 5.32 Å². The Morgan fingerprint density at radius 3 is 2.95 bits per heavy atom. The largest absolute Gasteiger partial charge is 0.333 e. The van der Waals surface area contributed by atoms with E-state index in [0.29, 0.717) is 9.81 Å². The van der Waals surface area contributed by atoms with Crippen LogP contribution in [0, 0.1) is 6.92 Å². The molecule has 0 fully saturated rings. The molecule has 0 spiro atoms. The molecule has 3 rings (SSSR count). The second-order valence-electron chi connectivity index (χ2n) is 4.38. The molecule has 0 aliphatic rings. The third kappa shape index (κ3) is 2.62. The number of carbonyl (C=O) groups excluding carboxylic acids is 1. The third-order valence-electron chi connectivity index (χ3n) is 2.85. The van der Waals surface area contributed by atoms with Crippen LogP contribution in [0.25, 0.3) is 10.2 Å². The van der Waals surface area contributed by atoms with E-state index in [4.69, 9.17) is 0 Å². The molecule has 21 heavy (non-hydrogen) atoms. The highest BCUT2D eigenvalue weighted by Gasteiger charge is 2.19. The average molecular weight is 308 g/mol. The molecule has 3 aromatic rings. The Hall–Kier alpha value is -2.35. The highest BCUT2D eigenvalue weighted by atomic mass is 32.1. The molecule has 2 heterocycles. The van der Waals surface area contributed by atoms with Gasteiger partial charge in [0.1, 0.15) is 5.69 Å². The van der Waals surface area contributed by atoms with Gasteiger partial charge in [-0.15, -0.1) is 0 Å². The number of carbonyl (C=O) groups is 1. The maximum Gasteiger partial charge on any atom is 0.333 e. The number of fused-ring (bicyclic) bond motifs is 1. The lowest BCUT2D eigenvalue weighted by Crippen LogP contribution is -2.18. The van der Waals surface area contributed by atoms with Crippen molar-refractivity contribution >= 4 is 32.6 Å². The molecule has 2 aromatic heterocycles. The topological polar surface area (TPSA) is 59.8 Å². The Bertz CT molecular complexity index is 811. The highest BCUT2D eigenvalue weighted by Crippen LogP contribution is 2.27. The molecular weight excluding hydrogens is 298 g/mol. The smallest absolute Gasteiger partial charge is 0.296 e. The van der Waals surface area contributed by atoms with Gasteiger partial charge in [-0.1, -0.05) is 17.4 Å². The minimum absolute atomic E-state index is 0.208. The Morgan fingerprint density at radius 2 is 2.19 bits per heavy atom. The van der Waals surface area contributed by atoms with Crippen molar-refractivity contribution in [3.05, 3.63) is 41.7 Å². The van der Waals surface area contributed by atoms with Gasteiger partial charge in [-0.3, -0.25) is 10.1 Å². The number of anilines is 1. The van der Waals surface area contributed by atoms with Gasteiger partial charge in [0.05, 0.1) is 10.2 Å². The summed E-state index contributed by atoms with van der Waals surface area (Å²) in [6.07, 6.45) is 1.16.